The van der Waals surface area contributed by atoms with Crippen molar-refractivity contribution in [3.63, 3.8) is 0 Å². The molecule has 26 heavy (non-hydrogen) atoms. The normalized spacial score (nSPS) is 11.4. The van der Waals surface area contributed by atoms with Crippen LogP contribution in [0.1, 0.15) is 16.1 Å². The smallest absolute Gasteiger partial charge is 0.416 e. The van der Waals surface area contributed by atoms with Gasteiger partial charge in [-0.1, -0.05) is 12.1 Å². The molecular formula is C18H9F5O3. The Morgan fingerprint density at radius 2 is 1.62 bits per heavy atom. The quantitative estimate of drug-likeness (QED) is 0.428. The summed E-state index contributed by atoms with van der Waals surface area (Å²) in [6.45, 7) is 0. The molecule has 0 spiro atoms. The largest absolute Gasteiger partial charge is 0.453 e. The van der Waals surface area contributed by atoms with Crippen LogP contribution in [0.5, 0.6) is 11.5 Å². The molecule has 0 N–H and O–H groups in total. The molecule has 0 fully saturated rings. The van der Waals surface area contributed by atoms with E-state index in [9.17, 15) is 26.7 Å². The summed E-state index contributed by atoms with van der Waals surface area (Å²) in [7, 11) is 0. The van der Waals surface area contributed by atoms with Gasteiger partial charge in [0, 0.05) is 0 Å². The lowest BCUT2D eigenvalue weighted by molar-refractivity contribution is -0.138. The second-order valence-electron chi connectivity index (χ2n) is 5.18. The number of ether oxygens (including phenoxy) is 1. The summed E-state index contributed by atoms with van der Waals surface area (Å²) < 4.78 is 76.2. The number of carbonyl (C=O) groups excluding carboxylic acids is 1. The number of rotatable bonds is 4. The molecule has 134 valence electrons. The minimum atomic E-state index is -4.89. The highest BCUT2D eigenvalue weighted by molar-refractivity contribution is 5.74. The van der Waals surface area contributed by atoms with Crippen LogP contribution in [0.25, 0.3) is 11.3 Å². The van der Waals surface area contributed by atoms with Crippen molar-refractivity contribution in [3.05, 3.63) is 71.5 Å². The Labute approximate surface area is 143 Å². The molecule has 1 heterocycles. The van der Waals surface area contributed by atoms with Crippen molar-refractivity contribution in [2.75, 3.05) is 0 Å². The van der Waals surface area contributed by atoms with E-state index in [4.69, 9.17) is 9.15 Å². The van der Waals surface area contributed by atoms with Crippen LogP contribution in [0.15, 0.2) is 52.9 Å². The number of aldehydes is 1. The van der Waals surface area contributed by atoms with Gasteiger partial charge in [-0.2, -0.15) is 13.2 Å². The second kappa shape index (κ2) is 6.62. The van der Waals surface area contributed by atoms with E-state index >= 15 is 0 Å². The second-order valence-corrected chi connectivity index (χ2v) is 5.18. The fourth-order valence-electron chi connectivity index (χ4n) is 2.25. The van der Waals surface area contributed by atoms with E-state index in [2.05, 4.69) is 0 Å². The van der Waals surface area contributed by atoms with Gasteiger partial charge in [0.2, 0.25) is 0 Å². The number of carbonyl (C=O) groups is 1. The monoisotopic (exact) mass is 368 g/mol. The number of furan rings is 1. The summed E-state index contributed by atoms with van der Waals surface area (Å²) >= 11 is 0. The SMILES string of the molecule is O=Cc1ccc(-c2ccccc2Oc2c(F)cc(C(F)(F)F)cc2F)o1. The maximum absolute atomic E-state index is 14.0. The number of hydrogen-bond acceptors (Lipinski definition) is 3. The molecule has 0 aliphatic carbocycles. The highest BCUT2D eigenvalue weighted by Gasteiger charge is 2.33. The van der Waals surface area contributed by atoms with Gasteiger partial charge in [0.25, 0.3) is 0 Å². The molecule has 3 rings (SSSR count). The molecule has 3 nitrogen and oxygen atoms in total. The van der Waals surface area contributed by atoms with Crippen LogP contribution in [0.2, 0.25) is 0 Å². The molecule has 8 heteroatoms. The number of halogens is 5. The molecule has 0 atom stereocenters. The van der Waals surface area contributed by atoms with Crippen LogP contribution < -0.4 is 4.74 Å². The van der Waals surface area contributed by atoms with Crippen molar-refractivity contribution >= 4 is 6.29 Å². The number of alkyl halides is 3. The first-order valence-corrected chi connectivity index (χ1v) is 7.18. The summed E-state index contributed by atoms with van der Waals surface area (Å²) in [4.78, 5) is 10.7. The molecule has 0 saturated heterocycles. The maximum atomic E-state index is 14.0. The van der Waals surface area contributed by atoms with E-state index in [0.717, 1.165) is 0 Å². The lowest BCUT2D eigenvalue weighted by Crippen LogP contribution is -2.07. The maximum Gasteiger partial charge on any atom is 0.416 e. The fourth-order valence-corrected chi connectivity index (χ4v) is 2.25. The first kappa shape index (κ1) is 17.7. The van der Waals surface area contributed by atoms with Crippen molar-refractivity contribution in [1.29, 1.82) is 0 Å². The van der Waals surface area contributed by atoms with Crippen LogP contribution in [0, 0.1) is 11.6 Å². The summed E-state index contributed by atoms with van der Waals surface area (Å²) in [6, 6.07) is 9.09. The van der Waals surface area contributed by atoms with Gasteiger partial charge in [0.15, 0.2) is 29.4 Å². The van der Waals surface area contributed by atoms with E-state index in [1.807, 2.05) is 0 Å². The zero-order chi connectivity index (χ0) is 18.9. The van der Waals surface area contributed by atoms with Gasteiger partial charge in [-0.3, -0.25) is 4.79 Å². The fraction of sp³-hybridized carbons (Fsp3) is 0.0556. The number of para-hydroxylation sites is 1. The zero-order valence-electron chi connectivity index (χ0n) is 12.8. The summed E-state index contributed by atoms with van der Waals surface area (Å²) in [5.41, 5.74) is -1.20. The van der Waals surface area contributed by atoms with E-state index in [0.29, 0.717) is 6.29 Å². The van der Waals surface area contributed by atoms with Crippen LogP contribution in [-0.2, 0) is 6.18 Å². The van der Waals surface area contributed by atoms with Crippen LogP contribution >= 0.6 is 0 Å². The predicted molar refractivity (Wildman–Crippen MR) is 81.0 cm³/mol. The topological polar surface area (TPSA) is 39.4 Å². The average Bonchev–Trinajstić information content (AvgIpc) is 3.06. The molecular weight excluding hydrogens is 359 g/mol. The highest BCUT2D eigenvalue weighted by Crippen LogP contribution is 2.38. The Hall–Kier alpha value is -3.16. The van der Waals surface area contributed by atoms with E-state index in [1.165, 1.54) is 30.3 Å². The lowest BCUT2D eigenvalue weighted by Gasteiger charge is -2.13. The molecule has 1 aromatic heterocycles. The van der Waals surface area contributed by atoms with Crippen molar-refractivity contribution < 1.29 is 35.9 Å². The first-order chi connectivity index (χ1) is 12.3. The zero-order valence-corrected chi connectivity index (χ0v) is 12.8. The molecule has 0 aliphatic heterocycles. The van der Waals surface area contributed by atoms with Crippen LogP contribution in [0.3, 0.4) is 0 Å². The van der Waals surface area contributed by atoms with E-state index in [-0.39, 0.29) is 35.0 Å². The Bertz CT molecular complexity index is 936. The van der Waals surface area contributed by atoms with Crippen molar-refractivity contribution in [3.8, 4) is 22.8 Å². The molecule has 0 radical (unpaired) electrons. The summed E-state index contributed by atoms with van der Waals surface area (Å²) in [6.07, 6.45) is -4.42. The standard InChI is InChI=1S/C18H9F5O3/c19-13-7-10(18(21,22)23)8-14(20)17(13)26-15-4-2-1-3-12(15)16-6-5-11(9-24)25-16/h1-9H. The van der Waals surface area contributed by atoms with Crippen LogP contribution in [0.4, 0.5) is 22.0 Å². The van der Waals surface area contributed by atoms with E-state index < -0.39 is 29.1 Å². The van der Waals surface area contributed by atoms with Gasteiger partial charge in [-0.25, -0.2) is 8.78 Å². The Kier molecular flexibility index (Phi) is 4.50. The predicted octanol–water partition coefficient (Wildman–Crippen LogP) is 5.85. The molecule has 0 unspecified atom stereocenters. The number of benzene rings is 2. The van der Waals surface area contributed by atoms with E-state index in [1.54, 1.807) is 6.07 Å². The minimum absolute atomic E-state index is 0.0293. The lowest BCUT2D eigenvalue weighted by atomic mass is 10.1. The molecule has 2 aromatic carbocycles. The Morgan fingerprint density at radius 3 is 2.19 bits per heavy atom. The third-order valence-electron chi connectivity index (χ3n) is 3.43. The summed E-state index contributed by atoms with van der Waals surface area (Å²) in [5, 5.41) is 0. The van der Waals surface area contributed by atoms with Gasteiger partial charge < -0.3 is 9.15 Å². The van der Waals surface area contributed by atoms with Crippen molar-refractivity contribution in [1.82, 2.24) is 0 Å². The highest BCUT2D eigenvalue weighted by atomic mass is 19.4. The van der Waals surface area contributed by atoms with Crippen molar-refractivity contribution in [2.45, 2.75) is 6.18 Å². The Balaban J connectivity index is 2.01. The van der Waals surface area contributed by atoms with Gasteiger partial charge in [-0.05, 0) is 36.4 Å². The van der Waals surface area contributed by atoms with Gasteiger partial charge >= 0.3 is 6.18 Å². The van der Waals surface area contributed by atoms with Gasteiger partial charge in [0.05, 0.1) is 11.1 Å². The molecule has 0 aliphatic rings. The first-order valence-electron chi connectivity index (χ1n) is 7.18. The number of hydrogen-bond donors (Lipinski definition) is 0. The third kappa shape index (κ3) is 3.44. The minimum Gasteiger partial charge on any atom is -0.453 e. The van der Waals surface area contributed by atoms with Crippen LogP contribution in [-0.4, -0.2) is 6.29 Å². The van der Waals surface area contributed by atoms with Crippen molar-refractivity contribution in [2.24, 2.45) is 0 Å². The molecule has 0 saturated carbocycles. The average molecular weight is 368 g/mol. The van der Waals surface area contributed by atoms with Gasteiger partial charge in [0.1, 0.15) is 11.5 Å². The summed E-state index contributed by atoms with van der Waals surface area (Å²) in [5.74, 6) is -3.82. The Morgan fingerprint density at radius 1 is 0.962 bits per heavy atom. The third-order valence-corrected chi connectivity index (χ3v) is 3.43. The molecule has 0 bridgehead atoms. The molecule has 0 amide bonds. The van der Waals surface area contributed by atoms with Gasteiger partial charge in [-0.15, -0.1) is 0 Å². The molecule has 3 aromatic rings.